The fraction of sp³-hybridized carbons (Fsp3) is 0.389. The van der Waals surface area contributed by atoms with Crippen LogP contribution in [0.15, 0.2) is 42.7 Å². The van der Waals surface area contributed by atoms with E-state index in [2.05, 4.69) is 25.5 Å². The maximum absolute atomic E-state index is 12.0. The van der Waals surface area contributed by atoms with Gasteiger partial charge in [-0.05, 0) is 43.4 Å². The highest BCUT2D eigenvalue weighted by molar-refractivity contribution is 5.89. The molecule has 1 aromatic carbocycles. The van der Waals surface area contributed by atoms with E-state index in [0.29, 0.717) is 12.5 Å². The van der Waals surface area contributed by atoms with Crippen LogP contribution in [0.5, 0.6) is 0 Å². The lowest BCUT2D eigenvalue weighted by molar-refractivity contribution is 0.248. The van der Waals surface area contributed by atoms with E-state index in [4.69, 9.17) is 0 Å². The van der Waals surface area contributed by atoms with Crippen molar-refractivity contribution in [1.29, 1.82) is 0 Å². The zero-order chi connectivity index (χ0) is 16.8. The Labute approximate surface area is 142 Å². The lowest BCUT2D eigenvalue weighted by Crippen LogP contribution is -2.40. The topological polar surface area (TPSA) is 70.2 Å². The Kier molecular flexibility index (Phi) is 5.25. The van der Waals surface area contributed by atoms with Crippen LogP contribution >= 0.6 is 0 Å². The lowest BCUT2D eigenvalue weighted by atomic mass is 9.97. The van der Waals surface area contributed by atoms with Gasteiger partial charge in [0.1, 0.15) is 0 Å². The van der Waals surface area contributed by atoms with Gasteiger partial charge >= 0.3 is 6.03 Å². The molecule has 6 nitrogen and oxygen atoms in total. The number of anilines is 2. The molecule has 2 amide bonds. The first-order chi connectivity index (χ1) is 11.7. The standard InChI is InChI=1S/C18H23N5O/c1-14-5-2-3-6-16(14)22-18(24)21-13-15-7-11-23(12-8-15)17-19-9-4-10-20-17/h2-6,9-10,15H,7-8,11-13H2,1H3,(H2,21,22,24). The van der Waals surface area contributed by atoms with Gasteiger partial charge in [0.05, 0.1) is 0 Å². The van der Waals surface area contributed by atoms with Crippen LogP contribution < -0.4 is 15.5 Å². The number of aryl methyl sites for hydroxylation is 1. The Morgan fingerprint density at radius 2 is 1.88 bits per heavy atom. The summed E-state index contributed by atoms with van der Waals surface area (Å²) in [4.78, 5) is 22.8. The zero-order valence-corrected chi connectivity index (χ0v) is 13.9. The first kappa shape index (κ1) is 16.2. The molecule has 2 heterocycles. The number of carbonyl (C=O) groups is 1. The molecule has 2 N–H and O–H groups in total. The van der Waals surface area contributed by atoms with Gasteiger partial charge in [0, 0.05) is 37.7 Å². The number of urea groups is 1. The zero-order valence-electron chi connectivity index (χ0n) is 13.9. The highest BCUT2D eigenvalue weighted by Crippen LogP contribution is 2.19. The summed E-state index contributed by atoms with van der Waals surface area (Å²) in [5.74, 6) is 1.29. The molecule has 6 heteroatoms. The van der Waals surface area contributed by atoms with Crippen molar-refractivity contribution in [1.82, 2.24) is 15.3 Å². The summed E-state index contributed by atoms with van der Waals surface area (Å²) in [6.45, 7) is 4.53. The summed E-state index contributed by atoms with van der Waals surface area (Å²) in [6.07, 6.45) is 5.60. The van der Waals surface area contributed by atoms with E-state index in [1.165, 1.54) is 0 Å². The van der Waals surface area contributed by atoms with Crippen molar-refractivity contribution in [2.24, 2.45) is 5.92 Å². The van der Waals surface area contributed by atoms with Gasteiger partial charge in [-0.25, -0.2) is 14.8 Å². The van der Waals surface area contributed by atoms with Crippen LogP contribution in [0, 0.1) is 12.8 Å². The van der Waals surface area contributed by atoms with E-state index < -0.39 is 0 Å². The molecule has 0 atom stereocenters. The maximum atomic E-state index is 12.0. The van der Waals surface area contributed by atoms with E-state index in [1.807, 2.05) is 37.3 Å². The summed E-state index contributed by atoms with van der Waals surface area (Å²) in [6, 6.07) is 9.46. The number of hydrogen-bond acceptors (Lipinski definition) is 4. The van der Waals surface area contributed by atoms with Crippen molar-refractivity contribution >= 4 is 17.7 Å². The van der Waals surface area contributed by atoms with Crippen LogP contribution in [0.25, 0.3) is 0 Å². The number of para-hydroxylation sites is 1. The molecular weight excluding hydrogens is 302 g/mol. The Morgan fingerprint density at radius 3 is 2.58 bits per heavy atom. The number of benzene rings is 1. The molecule has 0 bridgehead atoms. The van der Waals surface area contributed by atoms with Crippen molar-refractivity contribution in [3.8, 4) is 0 Å². The van der Waals surface area contributed by atoms with E-state index in [1.54, 1.807) is 12.4 Å². The number of amides is 2. The molecule has 1 aromatic heterocycles. The van der Waals surface area contributed by atoms with E-state index in [9.17, 15) is 4.79 Å². The van der Waals surface area contributed by atoms with E-state index in [0.717, 1.165) is 43.1 Å². The van der Waals surface area contributed by atoms with Gasteiger partial charge in [0.15, 0.2) is 0 Å². The minimum atomic E-state index is -0.141. The quantitative estimate of drug-likeness (QED) is 0.907. The molecule has 1 aliphatic rings. The van der Waals surface area contributed by atoms with Crippen LogP contribution in [-0.2, 0) is 0 Å². The van der Waals surface area contributed by atoms with Gasteiger partial charge in [-0.2, -0.15) is 0 Å². The van der Waals surface area contributed by atoms with Gasteiger partial charge in [0.25, 0.3) is 0 Å². The molecular formula is C18H23N5O. The smallest absolute Gasteiger partial charge is 0.319 e. The van der Waals surface area contributed by atoms with Crippen molar-refractivity contribution in [3.05, 3.63) is 48.3 Å². The summed E-state index contributed by atoms with van der Waals surface area (Å²) >= 11 is 0. The molecule has 3 rings (SSSR count). The summed E-state index contributed by atoms with van der Waals surface area (Å²) in [7, 11) is 0. The number of aromatic nitrogens is 2. The van der Waals surface area contributed by atoms with Crippen molar-refractivity contribution in [3.63, 3.8) is 0 Å². The van der Waals surface area contributed by atoms with Crippen LogP contribution in [0.1, 0.15) is 18.4 Å². The molecule has 1 fully saturated rings. The molecule has 0 spiro atoms. The third kappa shape index (κ3) is 4.22. The normalized spacial score (nSPS) is 15.1. The Bertz CT molecular complexity index is 668. The molecule has 0 saturated carbocycles. The fourth-order valence-corrected chi connectivity index (χ4v) is 2.91. The average Bonchev–Trinajstić information content (AvgIpc) is 2.63. The SMILES string of the molecule is Cc1ccccc1NC(=O)NCC1CCN(c2ncccn2)CC1. The van der Waals surface area contributed by atoms with E-state index >= 15 is 0 Å². The van der Waals surface area contributed by atoms with E-state index in [-0.39, 0.29) is 6.03 Å². The van der Waals surface area contributed by atoms with Gasteiger partial charge < -0.3 is 15.5 Å². The second-order valence-electron chi connectivity index (χ2n) is 6.13. The number of carbonyl (C=O) groups excluding carboxylic acids is 1. The van der Waals surface area contributed by atoms with Crippen molar-refractivity contribution < 1.29 is 4.79 Å². The summed E-state index contributed by atoms with van der Waals surface area (Å²) in [5, 5.41) is 5.89. The second kappa shape index (κ2) is 7.77. The molecule has 1 saturated heterocycles. The van der Waals surface area contributed by atoms with Crippen molar-refractivity contribution in [2.75, 3.05) is 29.9 Å². The molecule has 1 aliphatic heterocycles. The number of rotatable bonds is 4. The molecule has 0 aliphatic carbocycles. The largest absolute Gasteiger partial charge is 0.341 e. The number of piperidine rings is 1. The minimum absolute atomic E-state index is 0.141. The fourth-order valence-electron chi connectivity index (χ4n) is 2.91. The Morgan fingerprint density at radius 1 is 1.17 bits per heavy atom. The minimum Gasteiger partial charge on any atom is -0.341 e. The average molecular weight is 325 g/mol. The first-order valence-corrected chi connectivity index (χ1v) is 8.35. The van der Waals surface area contributed by atoms with Gasteiger partial charge in [-0.15, -0.1) is 0 Å². The maximum Gasteiger partial charge on any atom is 0.319 e. The highest BCUT2D eigenvalue weighted by Gasteiger charge is 2.21. The number of nitrogens with one attached hydrogen (secondary N) is 2. The Hall–Kier alpha value is -2.63. The predicted molar refractivity (Wildman–Crippen MR) is 95.2 cm³/mol. The molecule has 2 aromatic rings. The third-order valence-corrected chi connectivity index (χ3v) is 4.39. The second-order valence-corrected chi connectivity index (χ2v) is 6.13. The van der Waals surface area contributed by atoms with Crippen molar-refractivity contribution in [2.45, 2.75) is 19.8 Å². The van der Waals surface area contributed by atoms with Gasteiger partial charge in [-0.3, -0.25) is 0 Å². The molecule has 24 heavy (non-hydrogen) atoms. The summed E-state index contributed by atoms with van der Waals surface area (Å²) in [5.41, 5.74) is 1.91. The Balaban J connectivity index is 1.42. The number of hydrogen-bond donors (Lipinski definition) is 2. The molecule has 0 radical (unpaired) electrons. The predicted octanol–water partition coefficient (Wildman–Crippen LogP) is 2.82. The van der Waals surface area contributed by atoms with Crippen LogP contribution in [0.4, 0.5) is 16.4 Å². The molecule has 0 unspecified atom stereocenters. The third-order valence-electron chi connectivity index (χ3n) is 4.39. The number of nitrogens with zero attached hydrogens (tertiary/aromatic N) is 3. The monoisotopic (exact) mass is 325 g/mol. The first-order valence-electron chi connectivity index (χ1n) is 8.35. The van der Waals surface area contributed by atoms with Crippen LogP contribution in [-0.4, -0.2) is 35.6 Å². The highest BCUT2D eigenvalue weighted by atomic mass is 16.2. The van der Waals surface area contributed by atoms with Gasteiger partial charge in [0.2, 0.25) is 5.95 Å². The van der Waals surface area contributed by atoms with Gasteiger partial charge in [-0.1, -0.05) is 18.2 Å². The lowest BCUT2D eigenvalue weighted by Gasteiger charge is -2.31. The van der Waals surface area contributed by atoms with Crippen LogP contribution in [0.3, 0.4) is 0 Å². The van der Waals surface area contributed by atoms with Crippen LogP contribution in [0.2, 0.25) is 0 Å². The summed E-state index contributed by atoms with van der Waals surface area (Å²) < 4.78 is 0. The molecule has 126 valence electrons.